The summed E-state index contributed by atoms with van der Waals surface area (Å²) >= 11 is 6.07. The smallest absolute Gasteiger partial charge is 0.293 e. The SMILES string of the molecule is Cc1nn(CC(=O)N2CCCC2)c(=O)c2c1cnn2-c1cccc(Cl)c1. The molecule has 1 fully saturated rings. The van der Waals surface area contributed by atoms with Crippen molar-refractivity contribution in [2.24, 2.45) is 0 Å². The number of hydrogen-bond donors (Lipinski definition) is 0. The lowest BCUT2D eigenvalue weighted by Gasteiger charge is -2.16. The zero-order valence-electron chi connectivity index (χ0n) is 14.4. The summed E-state index contributed by atoms with van der Waals surface area (Å²) in [6, 6.07) is 7.13. The van der Waals surface area contributed by atoms with Gasteiger partial charge in [-0.25, -0.2) is 9.36 Å². The first-order valence-electron chi connectivity index (χ1n) is 8.54. The lowest BCUT2D eigenvalue weighted by atomic mass is 10.2. The van der Waals surface area contributed by atoms with Crippen molar-refractivity contribution in [2.45, 2.75) is 26.3 Å². The summed E-state index contributed by atoms with van der Waals surface area (Å²) in [6.45, 7) is 3.24. The van der Waals surface area contributed by atoms with Crippen LogP contribution in [0.2, 0.25) is 5.02 Å². The summed E-state index contributed by atoms with van der Waals surface area (Å²) in [7, 11) is 0. The Morgan fingerprint density at radius 1 is 1.27 bits per heavy atom. The van der Waals surface area contributed by atoms with Crippen molar-refractivity contribution in [3.8, 4) is 5.69 Å². The van der Waals surface area contributed by atoms with E-state index in [4.69, 9.17) is 11.6 Å². The molecule has 1 amide bonds. The van der Waals surface area contributed by atoms with Gasteiger partial charge in [-0.3, -0.25) is 9.59 Å². The average molecular weight is 372 g/mol. The van der Waals surface area contributed by atoms with Crippen LogP contribution in [0.1, 0.15) is 18.5 Å². The van der Waals surface area contributed by atoms with Gasteiger partial charge in [0.2, 0.25) is 5.91 Å². The Kier molecular flexibility index (Phi) is 4.24. The molecule has 3 heterocycles. The summed E-state index contributed by atoms with van der Waals surface area (Å²) in [5, 5.41) is 9.87. The molecule has 2 aromatic heterocycles. The molecule has 8 heteroatoms. The molecule has 0 spiro atoms. The quantitative estimate of drug-likeness (QED) is 0.707. The molecular weight excluding hydrogens is 354 g/mol. The van der Waals surface area contributed by atoms with E-state index in [-0.39, 0.29) is 18.0 Å². The van der Waals surface area contributed by atoms with Crippen molar-refractivity contribution < 1.29 is 4.79 Å². The second-order valence-corrected chi connectivity index (χ2v) is 6.87. The van der Waals surface area contributed by atoms with Crippen LogP contribution in [-0.4, -0.2) is 43.5 Å². The van der Waals surface area contributed by atoms with Gasteiger partial charge in [0.05, 0.1) is 17.6 Å². The molecule has 7 nitrogen and oxygen atoms in total. The van der Waals surface area contributed by atoms with Gasteiger partial charge >= 0.3 is 0 Å². The number of nitrogens with zero attached hydrogens (tertiary/aromatic N) is 5. The van der Waals surface area contributed by atoms with Crippen LogP contribution in [0.15, 0.2) is 35.3 Å². The Labute approximate surface area is 154 Å². The summed E-state index contributed by atoms with van der Waals surface area (Å²) in [4.78, 5) is 27.2. The number of aryl methyl sites for hydroxylation is 1. The van der Waals surface area contributed by atoms with Crippen LogP contribution in [0.4, 0.5) is 0 Å². The lowest BCUT2D eigenvalue weighted by Crippen LogP contribution is -2.36. The highest BCUT2D eigenvalue weighted by molar-refractivity contribution is 6.30. The van der Waals surface area contributed by atoms with E-state index in [0.29, 0.717) is 27.3 Å². The standard InChI is InChI=1S/C18H18ClN5O2/c1-12-15-10-20-24(14-6-4-5-13(19)9-14)17(15)18(26)23(21-12)11-16(25)22-7-2-3-8-22/h4-6,9-10H,2-3,7-8,11H2,1H3. The summed E-state index contributed by atoms with van der Waals surface area (Å²) in [5.74, 6) is -0.0790. The van der Waals surface area contributed by atoms with Crippen molar-refractivity contribution >= 4 is 28.4 Å². The van der Waals surface area contributed by atoms with Crippen LogP contribution in [-0.2, 0) is 11.3 Å². The maximum absolute atomic E-state index is 13.0. The first-order valence-corrected chi connectivity index (χ1v) is 8.91. The highest BCUT2D eigenvalue weighted by atomic mass is 35.5. The minimum atomic E-state index is -0.337. The van der Waals surface area contributed by atoms with Gasteiger partial charge in [0.25, 0.3) is 5.56 Å². The van der Waals surface area contributed by atoms with Gasteiger partial charge in [0.1, 0.15) is 12.1 Å². The molecule has 1 saturated heterocycles. The Morgan fingerprint density at radius 2 is 2.04 bits per heavy atom. The number of likely N-dealkylation sites (tertiary alicyclic amines) is 1. The van der Waals surface area contributed by atoms with E-state index >= 15 is 0 Å². The van der Waals surface area contributed by atoms with Crippen molar-refractivity contribution in [3.63, 3.8) is 0 Å². The zero-order chi connectivity index (χ0) is 18.3. The lowest BCUT2D eigenvalue weighted by molar-refractivity contribution is -0.131. The number of amides is 1. The minimum Gasteiger partial charge on any atom is -0.341 e. The van der Waals surface area contributed by atoms with Crippen LogP contribution in [0, 0.1) is 6.92 Å². The fourth-order valence-corrected chi connectivity index (χ4v) is 3.51. The highest BCUT2D eigenvalue weighted by Gasteiger charge is 2.21. The molecule has 134 valence electrons. The average Bonchev–Trinajstić information content (AvgIpc) is 3.29. The third-order valence-corrected chi connectivity index (χ3v) is 4.90. The first kappa shape index (κ1) is 16.8. The number of halogens is 1. The number of benzene rings is 1. The Hall–Kier alpha value is -2.67. The van der Waals surface area contributed by atoms with Crippen LogP contribution >= 0.6 is 11.6 Å². The van der Waals surface area contributed by atoms with Crippen LogP contribution < -0.4 is 5.56 Å². The number of hydrogen-bond acceptors (Lipinski definition) is 4. The van der Waals surface area contributed by atoms with E-state index in [2.05, 4.69) is 10.2 Å². The molecule has 0 N–H and O–H groups in total. The molecular formula is C18H18ClN5O2. The third kappa shape index (κ3) is 2.88. The zero-order valence-corrected chi connectivity index (χ0v) is 15.1. The van der Waals surface area contributed by atoms with Crippen molar-refractivity contribution in [1.82, 2.24) is 24.5 Å². The molecule has 1 aromatic carbocycles. The summed E-state index contributed by atoms with van der Waals surface area (Å²) < 4.78 is 2.79. The molecule has 26 heavy (non-hydrogen) atoms. The van der Waals surface area contributed by atoms with Crippen molar-refractivity contribution in [1.29, 1.82) is 0 Å². The summed E-state index contributed by atoms with van der Waals surface area (Å²) in [6.07, 6.45) is 3.63. The molecule has 0 saturated carbocycles. The number of carbonyl (C=O) groups is 1. The maximum Gasteiger partial charge on any atom is 0.293 e. The van der Waals surface area contributed by atoms with Gasteiger partial charge in [-0.15, -0.1) is 0 Å². The highest BCUT2D eigenvalue weighted by Crippen LogP contribution is 2.19. The normalized spacial score (nSPS) is 14.3. The number of aromatic nitrogens is 4. The second-order valence-electron chi connectivity index (χ2n) is 6.43. The number of fused-ring (bicyclic) bond motifs is 1. The first-order chi connectivity index (χ1) is 12.5. The number of carbonyl (C=O) groups excluding carboxylic acids is 1. The van der Waals surface area contributed by atoms with Crippen LogP contribution in [0.3, 0.4) is 0 Å². The van der Waals surface area contributed by atoms with Gasteiger partial charge in [-0.05, 0) is 38.0 Å². The molecule has 0 bridgehead atoms. The molecule has 0 radical (unpaired) electrons. The van der Waals surface area contributed by atoms with E-state index in [1.807, 2.05) is 13.0 Å². The molecule has 0 unspecified atom stereocenters. The van der Waals surface area contributed by atoms with E-state index in [1.165, 1.54) is 4.68 Å². The second kappa shape index (κ2) is 6.57. The largest absolute Gasteiger partial charge is 0.341 e. The molecule has 4 rings (SSSR count). The van der Waals surface area contributed by atoms with Gasteiger partial charge in [0, 0.05) is 23.5 Å². The Bertz CT molecular complexity index is 1050. The maximum atomic E-state index is 13.0. The molecule has 0 aliphatic carbocycles. The third-order valence-electron chi connectivity index (χ3n) is 4.66. The van der Waals surface area contributed by atoms with Crippen molar-refractivity contribution in [2.75, 3.05) is 13.1 Å². The van der Waals surface area contributed by atoms with E-state index < -0.39 is 0 Å². The number of rotatable bonds is 3. The van der Waals surface area contributed by atoms with E-state index in [9.17, 15) is 9.59 Å². The fraction of sp³-hybridized carbons (Fsp3) is 0.333. The predicted octanol–water partition coefficient (Wildman–Crippen LogP) is 2.17. The Balaban J connectivity index is 1.81. The Morgan fingerprint density at radius 3 is 2.77 bits per heavy atom. The topological polar surface area (TPSA) is 73.0 Å². The van der Waals surface area contributed by atoms with E-state index in [1.54, 1.807) is 34.0 Å². The molecule has 1 aliphatic rings. The minimum absolute atomic E-state index is 0.0592. The molecule has 0 atom stereocenters. The van der Waals surface area contributed by atoms with Crippen LogP contribution in [0.5, 0.6) is 0 Å². The van der Waals surface area contributed by atoms with Gasteiger partial charge in [0.15, 0.2) is 0 Å². The predicted molar refractivity (Wildman–Crippen MR) is 98.7 cm³/mol. The fourth-order valence-electron chi connectivity index (χ4n) is 3.33. The molecule has 1 aliphatic heterocycles. The van der Waals surface area contributed by atoms with E-state index in [0.717, 1.165) is 25.9 Å². The van der Waals surface area contributed by atoms with Crippen molar-refractivity contribution in [3.05, 3.63) is 51.5 Å². The van der Waals surface area contributed by atoms with Gasteiger partial charge < -0.3 is 4.90 Å². The van der Waals surface area contributed by atoms with Gasteiger partial charge in [-0.1, -0.05) is 17.7 Å². The summed E-state index contributed by atoms with van der Waals surface area (Å²) in [5.41, 5.74) is 1.40. The molecule has 3 aromatic rings. The van der Waals surface area contributed by atoms with Crippen LogP contribution in [0.25, 0.3) is 16.6 Å². The monoisotopic (exact) mass is 371 g/mol. The van der Waals surface area contributed by atoms with Gasteiger partial charge in [-0.2, -0.15) is 10.2 Å².